The van der Waals surface area contributed by atoms with Gasteiger partial charge in [0.05, 0.1) is 28.9 Å². The van der Waals surface area contributed by atoms with Crippen LogP contribution in [0.4, 0.5) is 5.69 Å². The van der Waals surface area contributed by atoms with Crippen molar-refractivity contribution in [2.75, 3.05) is 12.0 Å². The predicted molar refractivity (Wildman–Crippen MR) is 189 cm³/mol. The Balaban J connectivity index is 1.35. The Bertz CT molecular complexity index is 1930. The number of allylic oxidation sites excluding steroid dienone is 2. The van der Waals surface area contributed by atoms with Gasteiger partial charge in [-0.1, -0.05) is 78.2 Å². The third kappa shape index (κ3) is 5.52. The molecule has 0 spiro atoms. The number of carboxylic acid groups (broad SMARTS) is 1. The number of nitrogens with zero attached hydrogens (tertiary/aromatic N) is 2. The number of aliphatic carboxylic acids is 1. The van der Waals surface area contributed by atoms with Crippen molar-refractivity contribution in [1.82, 2.24) is 9.91 Å². The molecule has 3 fully saturated rings. The molecule has 0 radical (unpaired) electrons. The number of carbonyl (C=O) groups is 5. The minimum Gasteiger partial charge on any atom is -0.507 e. The van der Waals surface area contributed by atoms with Crippen molar-refractivity contribution in [3.63, 3.8) is 0 Å². The van der Waals surface area contributed by atoms with Crippen LogP contribution >= 0.6 is 0 Å². The van der Waals surface area contributed by atoms with Gasteiger partial charge in [-0.2, -0.15) is 5.01 Å². The highest BCUT2D eigenvalue weighted by atomic mass is 16.4. The highest BCUT2D eigenvalue weighted by Crippen LogP contribution is 2.64. The number of fused-ring (bicyclic) bond motifs is 4. The van der Waals surface area contributed by atoms with Crippen molar-refractivity contribution in [2.24, 2.45) is 23.7 Å². The van der Waals surface area contributed by atoms with Gasteiger partial charge in [0, 0.05) is 18.9 Å². The van der Waals surface area contributed by atoms with Gasteiger partial charge in [-0.25, -0.2) is 0 Å². The fraction of sp³-hybridized carbons (Fsp3) is 0.390. The molecule has 4 amide bonds. The lowest BCUT2D eigenvalue weighted by Gasteiger charge is -2.50. The quantitative estimate of drug-likeness (QED) is 0.135. The van der Waals surface area contributed by atoms with Crippen molar-refractivity contribution in [3.8, 4) is 5.75 Å². The summed E-state index contributed by atoms with van der Waals surface area (Å²) in [6, 6.07) is 20.6. The minimum absolute atomic E-state index is 0.0349. The zero-order chi connectivity index (χ0) is 36.2. The lowest BCUT2D eigenvalue weighted by molar-refractivity contribution is -0.141. The summed E-state index contributed by atoms with van der Waals surface area (Å²) in [5.41, 5.74) is 6.94. The topological polar surface area (TPSA) is 144 Å². The van der Waals surface area contributed by atoms with E-state index in [2.05, 4.69) is 5.43 Å². The van der Waals surface area contributed by atoms with Crippen molar-refractivity contribution < 1.29 is 34.2 Å². The van der Waals surface area contributed by atoms with Crippen molar-refractivity contribution >= 4 is 35.3 Å². The number of phenolic OH excluding ortho intramolecular Hbond substituents is 1. The van der Waals surface area contributed by atoms with E-state index in [1.54, 1.807) is 0 Å². The SMILES string of the molecule is Cc1ccc(NN2C(=O)[C@@H]3C[C@@H]4C(=CC[C@@H]5C(=O)N(CCCCCC(=O)O)C(=O)[C@@H]54)[C@H](c4cc(C)c(O)c(C)c4)[C@]3(c3ccccc3)C2=O)cc1. The van der Waals surface area contributed by atoms with Crippen LogP contribution in [0, 0.1) is 44.4 Å². The number of rotatable bonds is 10. The molecule has 10 heteroatoms. The Morgan fingerprint density at radius 2 is 1.55 bits per heavy atom. The van der Waals surface area contributed by atoms with Crippen molar-refractivity contribution in [2.45, 2.75) is 70.6 Å². The highest BCUT2D eigenvalue weighted by Gasteiger charge is 2.70. The van der Waals surface area contributed by atoms with Crippen LogP contribution in [-0.2, 0) is 29.4 Å². The van der Waals surface area contributed by atoms with E-state index in [4.69, 9.17) is 5.11 Å². The molecule has 2 aliphatic carbocycles. The first kappa shape index (κ1) is 34.2. The van der Waals surface area contributed by atoms with E-state index in [9.17, 15) is 24.3 Å². The van der Waals surface area contributed by atoms with Crippen LogP contribution in [0.15, 0.2) is 78.4 Å². The Hall–Kier alpha value is -5.25. The molecule has 3 aromatic carbocycles. The molecular formula is C41H43N3O7. The van der Waals surface area contributed by atoms with Crippen LogP contribution < -0.4 is 5.43 Å². The lowest BCUT2D eigenvalue weighted by atomic mass is 9.49. The maximum Gasteiger partial charge on any atom is 0.303 e. The first-order valence-electron chi connectivity index (χ1n) is 17.8. The second kappa shape index (κ2) is 13.1. The Kier molecular flexibility index (Phi) is 8.81. The third-order valence-corrected chi connectivity index (χ3v) is 11.6. The summed E-state index contributed by atoms with van der Waals surface area (Å²) in [4.78, 5) is 70.4. The van der Waals surface area contributed by atoms with Crippen LogP contribution in [0.2, 0.25) is 0 Å². The second-order valence-electron chi connectivity index (χ2n) is 14.6. The van der Waals surface area contributed by atoms with Gasteiger partial charge in [0.2, 0.25) is 11.8 Å². The number of aromatic hydroxyl groups is 1. The lowest BCUT2D eigenvalue weighted by Crippen LogP contribution is -2.53. The van der Waals surface area contributed by atoms with Crippen LogP contribution in [-0.4, -0.2) is 56.3 Å². The number of imide groups is 2. The number of benzene rings is 3. The van der Waals surface area contributed by atoms with Gasteiger partial charge < -0.3 is 10.2 Å². The Morgan fingerprint density at radius 3 is 2.22 bits per heavy atom. The molecule has 2 saturated heterocycles. The zero-order valence-corrected chi connectivity index (χ0v) is 29.1. The fourth-order valence-corrected chi connectivity index (χ4v) is 9.29. The molecule has 2 aliphatic heterocycles. The molecular weight excluding hydrogens is 646 g/mol. The number of unbranched alkanes of at least 4 members (excludes halogenated alkanes) is 2. The van der Waals surface area contributed by atoms with Crippen LogP contribution in [0.3, 0.4) is 0 Å². The van der Waals surface area contributed by atoms with E-state index in [-0.39, 0.29) is 37.0 Å². The summed E-state index contributed by atoms with van der Waals surface area (Å²) in [5, 5.41) is 21.0. The summed E-state index contributed by atoms with van der Waals surface area (Å²) in [7, 11) is 0. The van der Waals surface area contributed by atoms with E-state index in [0.29, 0.717) is 48.1 Å². The average molecular weight is 690 g/mol. The average Bonchev–Trinajstić information content (AvgIpc) is 3.48. The molecule has 10 nitrogen and oxygen atoms in total. The van der Waals surface area contributed by atoms with E-state index < -0.39 is 52.8 Å². The molecule has 3 N–H and O–H groups in total. The van der Waals surface area contributed by atoms with Gasteiger partial charge in [-0.15, -0.1) is 0 Å². The van der Waals surface area contributed by atoms with Crippen molar-refractivity contribution in [1.29, 1.82) is 0 Å². The van der Waals surface area contributed by atoms with E-state index in [1.807, 2.05) is 93.6 Å². The van der Waals surface area contributed by atoms with Gasteiger partial charge >= 0.3 is 5.97 Å². The molecule has 7 rings (SSSR count). The van der Waals surface area contributed by atoms with Gasteiger partial charge in [0.15, 0.2) is 0 Å². The fourth-order valence-electron chi connectivity index (χ4n) is 9.29. The minimum atomic E-state index is -1.38. The number of phenols is 1. The molecule has 3 aromatic rings. The molecule has 4 aliphatic rings. The first-order valence-corrected chi connectivity index (χ1v) is 17.8. The number of hydrogen-bond donors (Lipinski definition) is 3. The smallest absolute Gasteiger partial charge is 0.303 e. The van der Waals surface area contributed by atoms with Gasteiger partial charge in [0.25, 0.3) is 11.8 Å². The summed E-state index contributed by atoms with van der Waals surface area (Å²) < 4.78 is 0. The van der Waals surface area contributed by atoms with Crippen molar-refractivity contribution in [3.05, 3.63) is 106 Å². The van der Waals surface area contributed by atoms with Gasteiger partial charge in [0.1, 0.15) is 5.75 Å². The van der Waals surface area contributed by atoms with Crippen LogP contribution in [0.25, 0.3) is 0 Å². The number of carbonyl (C=O) groups excluding carboxylic acids is 4. The zero-order valence-electron chi connectivity index (χ0n) is 29.1. The summed E-state index contributed by atoms with van der Waals surface area (Å²) >= 11 is 0. The summed E-state index contributed by atoms with van der Waals surface area (Å²) in [5.74, 6) is -5.28. The number of anilines is 1. The maximum absolute atomic E-state index is 15.2. The molecule has 0 bridgehead atoms. The predicted octanol–water partition coefficient (Wildman–Crippen LogP) is 5.95. The maximum atomic E-state index is 15.2. The van der Waals surface area contributed by atoms with Crippen LogP contribution in [0.5, 0.6) is 5.75 Å². The molecule has 1 saturated carbocycles. The molecule has 0 aromatic heterocycles. The molecule has 6 atom stereocenters. The number of aryl methyl sites for hydroxylation is 3. The monoisotopic (exact) mass is 689 g/mol. The molecule has 2 heterocycles. The van der Waals surface area contributed by atoms with Gasteiger partial charge in [-0.05, 0) is 86.8 Å². The number of hydrazine groups is 1. The highest BCUT2D eigenvalue weighted by molar-refractivity contribution is 6.13. The molecule has 0 unspecified atom stereocenters. The van der Waals surface area contributed by atoms with E-state index in [0.717, 1.165) is 21.7 Å². The number of carboxylic acids is 1. The van der Waals surface area contributed by atoms with Crippen LogP contribution in [0.1, 0.15) is 72.3 Å². The van der Waals surface area contributed by atoms with Gasteiger partial charge in [-0.3, -0.25) is 34.3 Å². The number of hydrogen-bond acceptors (Lipinski definition) is 7. The summed E-state index contributed by atoms with van der Waals surface area (Å²) in [6.45, 7) is 5.80. The molecule has 264 valence electrons. The summed E-state index contributed by atoms with van der Waals surface area (Å²) in [6.07, 6.45) is 4.15. The van der Waals surface area contributed by atoms with E-state index >= 15 is 4.79 Å². The second-order valence-corrected chi connectivity index (χ2v) is 14.6. The molecule has 51 heavy (non-hydrogen) atoms. The normalized spacial score (nSPS) is 26.9. The standard InChI is InChI=1S/C41H43N3O7/c1-23-13-15-28(16-14-23)42-44-38(49)32-22-31-29(17-18-30-34(31)39(50)43(37(30)48)19-9-5-8-12-33(45)46)35(26-20-24(2)36(47)25(3)21-26)41(32,40(44)51)27-10-6-4-7-11-27/h4,6-7,10-11,13-17,20-21,30-32,34-35,42,47H,5,8-9,12,18-19,22H2,1-3H3,(H,45,46)/t30-,31+,32-,34-,35-,41+/m0/s1. The third-order valence-electron chi connectivity index (χ3n) is 11.6. The Morgan fingerprint density at radius 1 is 0.863 bits per heavy atom. The first-order chi connectivity index (χ1) is 24.4. The Labute approximate surface area is 297 Å². The number of nitrogens with one attached hydrogen (secondary N) is 1. The number of amides is 4. The number of likely N-dealkylation sites (tertiary alicyclic amines) is 1. The van der Waals surface area contributed by atoms with E-state index in [1.165, 1.54) is 4.90 Å². The largest absolute Gasteiger partial charge is 0.507 e.